The highest BCUT2D eigenvalue weighted by molar-refractivity contribution is 9.10. The predicted molar refractivity (Wildman–Crippen MR) is 74.9 cm³/mol. The van der Waals surface area contributed by atoms with Gasteiger partial charge in [-0.05, 0) is 38.3 Å². The Hall–Kier alpha value is -1.83. The first kappa shape index (κ1) is 14.6. The average molecular weight is 340 g/mol. The van der Waals surface area contributed by atoms with Crippen molar-refractivity contribution in [3.05, 3.63) is 22.9 Å². The summed E-state index contributed by atoms with van der Waals surface area (Å²) >= 11 is 3.34. The highest BCUT2D eigenvalue weighted by Gasteiger charge is 2.24. The summed E-state index contributed by atoms with van der Waals surface area (Å²) in [6.45, 7) is 3.89. The Bertz CT molecular complexity index is 613. The van der Waals surface area contributed by atoms with Crippen LogP contribution < -0.4 is 0 Å². The van der Waals surface area contributed by atoms with Crippen LogP contribution in [-0.2, 0) is 4.79 Å². The first-order chi connectivity index (χ1) is 9.49. The van der Waals surface area contributed by atoms with Gasteiger partial charge in [-0.1, -0.05) is 13.8 Å². The van der Waals surface area contributed by atoms with Gasteiger partial charge in [-0.2, -0.15) is 0 Å². The first-order valence-corrected chi connectivity index (χ1v) is 6.89. The van der Waals surface area contributed by atoms with E-state index in [2.05, 4.69) is 36.4 Å². The third-order valence-corrected chi connectivity index (χ3v) is 3.36. The molecule has 2 aromatic rings. The monoisotopic (exact) mass is 339 g/mol. The third kappa shape index (κ3) is 3.19. The fourth-order valence-corrected chi connectivity index (χ4v) is 2.29. The van der Waals surface area contributed by atoms with Crippen LogP contribution in [0.1, 0.15) is 26.3 Å². The van der Waals surface area contributed by atoms with Gasteiger partial charge in [0.15, 0.2) is 5.82 Å². The zero-order valence-corrected chi connectivity index (χ0v) is 12.6. The number of halogens is 1. The van der Waals surface area contributed by atoms with E-state index in [1.54, 1.807) is 17.1 Å². The quantitative estimate of drug-likeness (QED) is 0.896. The molecule has 2 aromatic heterocycles. The summed E-state index contributed by atoms with van der Waals surface area (Å²) in [5.74, 6) is -0.273. The number of pyridine rings is 1. The van der Waals surface area contributed by atoms with E-state index in [4.69, 9.17) is 5.11 Å². The number of rotatable bonds is 5. The van der Waals surface area contributed by atoms with Crippen LogP contribution in [0.5, 0.6) is 0 Å². The minimum absolute atomic E-state index is 0.0306. The normalized spacial score (nSPS) is 12.6. The second-order valence-electron chi connectivity index (χ2n) is 4.75. The van der Waals surface area contributed by atoms with Crippen molar-refractivity contribution < 1.29 is 9.90 Å². The van der Waals surface area contributed by atoms with Gasteiger partial charge >= 0.3 is 5.97 Å². The van der Waals surface area contributed by atoms with Gasteiger partial charge in [-0.3, -0.25) is 9.78 Å². The number of aliphatic carboxylic acids is 1. The lowest BCUT2D eigenvalue weighted by molar-refractivity contribution is -0.138. The van der Waals surface area contributed by atoms with Gasteiger partial charge in [0.2, 0.25) is 0 Å². The summed E-state index contributed by atoms with van der Waals surface area (Å²) in [7, 11) is 0. The van der Waals surface area contributed by atoms with Gasteiger partial charge in [0.1, 0.15) is 0 Å². The summed E-state index contributed by atoms with van der Waals surface area (Å²) in [5, 5.41) is 20.6. The number of nitrogens with zero attached hydrogens (tertiary/aromatic N) is 5. The summed E-state index contributed by atoms with van der Waals surface area (Å²) in [4.78, 5) is 15.1. The standard InChI is InChI=1S/C12H14BrN5O2/c1-7(2)10(4-11(19)20)18-12(15-16-17-18)8-3-9(13)6-14-5-8/h3,5-7,10H,4H2,1-2H3,(H,19,20). The van der Waals surface area contributed by atoms with Crippen molar-refractivity contribution in [2.75, 3.05) is 0 Å². The molecule has 0 fully saturated rings. The number of hydrogen-bond acceptors (Lipinski definition) is 5. The van der Waals surface area contributed by atoms with E-state index in [9.17, 15) is 4.79 Å². The lowest BCUT2D eigenvalue weighted by Crippen LogP contribution is -2.21. The van der Waals surface area contributed by atoms with E-state index in [1.807, 2.05) is 19.9 Å². The van der Waals surface area contributed by atoms with Gasteiger partial charge in [0.05, 0.1) is 12.5 Å². The van der Waals surface area contributed by atoms with Gasteiger partial charge in [0, 0.05) is 22.4 Å². The molecule has 0 aliphatic carbocycles. The SMILES string of the molecule is CC(C)C(CC(=O)O)n1nnnc1-c1cncc(Br)c1. The van der Waals surface area contributed by atoms with Crippen LogP contribution in [0.2, 0.25) is 0 Å². The molecule has 0 bridgehead atoms. The van der Waals surface area contributed by atoms with E-state index in [0.29, 0.717) is 5.82 Å². The van der Waals surface area contributed by atoms with Gasteiger partial charge in [0.25, 0.3) is 0 Å². The highest BCUT2D eigenvalue weighted by Crippen LogP contribution is 2.27. The molecule has 0 aliphatic heterocycles. The number of carbonyl (C=O) groups is 1. The van der Waals surface area contributed by atoms with Crippen molar-refractivity contribution >= 4 is 21.9 Å². The van der Waals surface area contributed by atoms with Crippen molar-refractivity contribution in [2.45, 2.75) is 26.3 Å². The van der Waals surface area contributed by atoms with Crippen molar-refractivity contribution in [2.24, 2.45) is 5.92 Å². The van der Waals surface area contributed by atoms with Crippen molar-refractivity contribution in [1.82, 2.24) is 25.2 Å². The van der Waals surface area contributed by atoms with Crippen LogP contribution in [0.15, 0.2) is 22.9 Å². The second-order valence-corrected chi connectivity index (χ2v) is 5.66. The van der Waals surface area contributed by atoms with E-state index in [0.717, 1.165) is 10.0 Å². The number of hydrogen-bond donors (Lipinski definition) is 1. The minimum Gasteiger partial charge on any atom is -0.481 e. The Kier molecular flexibility index (Phi) is 4.43. The number of carboxylic acid groups (broad SMARTS) is 1. The van der Waals surface area contributed by atoms with E-state index in [-0.39, 0.29) is 18.4 Å². The molecule has 8 heteroatoms. The van der Waals surface area contributed by atoms with Crippen molar-refractivity contribution in [3.8, 4) is 11.4 Å². The second kappa shape index (κ2) is 6.08. The largest absolute Gasteiger partial charge is 0.481 e. The van der Waals surface area contributed by atoms with Crippen LogP contribution in [-0.4, -0.2) is 36.3 Å². The molecule has 0 saturated heterocycles. The van der Waals surface area contributed by atoms with Crippen LogP contribution in [0.4, 0.5) is 0 Å². The summed E-state index contributed by atoms with van der Waals surface area (Å²) in [6.07, 6.45) is 3.27. The van der Waals surface area contributed by atoms with Gasteiger partial charge in [-0.25, -0.2) is 4.68 Å². The van der Waals surface area contributed by atoms with Crippen LogP contribution in [0, 0.1) is 5.92 Å². The Balaban J connectivity index is 2.43. The summed E-state index contributed by atoms with van der Waals surface area (Å²) in [5.41, 5.74) is 0.736. The molecular formula is C12H14BrN5O2. The smallest absolute Gasteiger partial charge is 0.305 e. The Morgan fingerprint density at radius 3 is 2.80 bits per heavy atom. The third-order valence-electron chi connectivity index (χ3n) is 2.92. The first-order valence-electron chi connectivity index (χ1n) is 6.09. The van der Waals surface area contributed by atoms with Crippen LogP contribution >= 0.6 is 15.9 Å². The molecule has 7 nitrogen and oxygen atoms in total. The van der Waals surface area contributed by atoms with Crippen LogP contribution in [0.3, 0.4) is 0 Å². The molecule has 1 N–H and O–H groups in total. The van der Waals surface area contributed by atoms with Crippen molar-refractivity contribution in [3.63, 3.8) is 0 Å². The molecule has 1 unspecified atom stereocenters. The van der Waals surface area contributed by atoms with Gasteiger partial charge in [-0.15, -0.1) is 5.10 Å². The highest BCUT2D eigenvalue weighted by atomic mass is 79.9. The fraction of sp³-hybridized carbons (Fsp3) is 0.417. The summed E-state index contributed by atoms with van der Waals surface area (Å²) in [6, 6.07) is 1.53. The molecular weight excluding hydrogens is 326 g/mol. The topological polar surface area (TPSA) is 93.8 Å². The molecule has 2 heterocycles. The Labute approximate surface area is 124 Å². The zero-order chi connectivity index (χ0) is 14.7. The summed E-state index contributed by atoms with van der Waals surface area (Å²) < 4.78 is 2.37. The molecule has 20 heavy (non-hydrogen) atoms. The lowest BCUT2D eigenvalue weighted by Gasteiger charge is -2.20. The molecule has 0 aliphatic rings. The van der Waals surface area contributed by atoms with E-state index < -0.39 is 5.97 Å². The Morgan fingerprint density at radius 2 is 2.20 bits per heavy atom. The molecule has 0 saturated carbocycles. The Morgan fingerprint density at radius 1 is 1.45 bits per heavy atom. The van der Waals surface area contributed by atoms with E-state index >= 15 is 0 Å². The molecule has 0 radical (unpaired) electrons. The minimum atomic E-state index is -0.877. The molecule has 1 atom stereocenters. The molecule has 0 amide bonds. The maximum absolute atomic E-state index is 11.0. The zero-order valence-electron chi connectivity index (χ0n) is 11.1. The van der Waals surface area contributed by atoms with E-state index in [1.165, 1.54) is 0 Å². The molecule has 0 spiro atoms. The number of carboxylic acids is 1. The van der Waals surface area contributed by atoms with Crippen LogP contribution in [0.25, 0.3) is 11.4 Å². The molecule has 106 valence electrons. The lowest BCUT2D eigenvalue weighted by atomic mass is 10.0. The number of tetrazole rings is 1. The van der Waals surface area contributed by atoms with Gasteiger partial charge < -0.3 is 5.11 Å². The fourth-order valence-electron chi connectivity index (χ4n) is 1.92. The predicted octanol–water partition coefficient (Wildman–Crippen LogP) is 2.17. The molecule has 0 aromatic carbocycles. The average Bonchev–Trinajstić information content (AvgIpc) is 2.84. The maximum atomic E-state index is 11.0. The maximum Gasteiger partial charge on any atom is 0.305 e. The molecule has 2 rings (SSSR count). The number of aromatic nitrogens is 5. The van der Waals surface area contributed by atoms with Crippen molar-refractivity contribution in [1.29, 1.82) is 0 Å².